The van der Waals surface area contributed by atoms with Crippen molar-refractivity contribution in [2.75, 3.05) is 11.5 Å². The highest BCUT2D eigenvalue weighted by molar-refractivity contribution is 6.39. The Bertz CT molecular complexity index is 1710. The van der Waals surface area contributed by atoms with E-state index in [1.165, 1.54) is 62.3 Å². The fourth-order valence-electron chi connectivity index (χ4n) is 8.39. The second-order valence-corrected chi connectivity index (χ2v) is 13.1. The maximum absolute atomic E-state index is 13.6. The van der Waals surface area contributed by atoms with Crippen molar-refractivity contribution in [1.29, 1.82) is 0 Å². The van der Waals surface area contributed by atoms with Crippen LogP contribution in [-0.4, -0.2) is 35.5 Å². The van der Waals surface area contributed by atoms with Gasteiger partial charge >= 0.3 is 12.0 Å². The molecule has 0 spiro atoms. The molecule has 3 aromatic rings. The number of hydrogen-bond donors (Lipinski definition) is 2. The van der Waals surface area contributed by atoms with Crippen molar-refractivity contribution in [3.05, 3.63) is 94.6 Å². The van der Waals surface area contributed by atoms with Crippen LogP contribution in [-0.2, 0) is 21.6 Å². The molecule has 4 amide bonds. The minimum absolute atomic E-state index is 0.167. The Labute approximate surface area is 267 Å². The number of carboxylic acids is 1. The summed E-state index contributed by atoms with van der Waals surface area (Å²) in [4.78, 5) is 51.6. The summed E-state index contributed by atoms with van der Waals surface area (Å²) in [5.74, 6) is 0.817. The van der Waals surface area contributed by atoms with E-state index in [1.807, 2.05) is 19.1 Å². The number of nitrogens with zero attached hydrogens (tertiary/aromatic N) is 1. The average Bonchev–Trinajstić information content (AvgIpc) is 3.02. The molecule has 8 rings (SSSR count). The molecule has 236 valence electrons. The number of barbiturate groups is 1. The van der Waals surface area contributed by atoms with Crippen molar-refractivity contribution in [1.82, 2.24) is 5.32 Å². The first kappa shape index (κ1) is 29.8. The van der Waals surface area contributed by atoms with Gasteiger partial charge in [0.25, 0.3) is 11.8 Å². The zero-order valence-electron chi connectivity index (χ0n) is 25.7. The number of amides is 4. The third kappa shape index (κ3) is 5.55. The van der Waals surface area contributed by atoms with Crippen molar-refractivity contribution in [3.63, 3.8) is 0 Å². The minimum Gasteiger partial charge on any atom is -0.490 e. The number of urea groups is 1. The number of hydrogen-bond acceptors (Lipinski definition) is 6. The Morgan fingerprint density at radius 3 is 2.15 bits per heavy atom. The molecule has 1 heterocycles. The molecule has 4 saturated carbocycles. The summed E-state index contributed by atoms with van der Waals surface area (Å²) in [6.07, 6.45) is 9.17. The van der Waals surface area contributed by atoms with Gasteiger partial charge in [-0.1, -0.05) is 30.3 Å². The van der Waals surface area contributed by atoms with Gasteiger partial charge in [0.15, 0.2) is 11.5 Å². The quantitative estimate of drug-likeness (QED) is 0.207. The Balaban J connectivity index is 1.10. The summed E-state index contributed by atoms with van der Waals surface area (Å²) in [6, 6.07) is 18.4. The largest absolute Gasteiger partial charge is 0.490 e. The Morgan fingerprint density at radius 1 is 0.891 bits per heavy atom. The summed E-state index contributed by atoms with van der Waals surface area (Å²) >= 11 is 0. The Kier molecular flexibility index (Phi) is 7.63. The van der Waals surface area contributed by atoms with Gasteiger partial charge in [0.1, 0.15) is 12.2 Å². The van der Waals surface area contributed by atoms with Crippen molar-refractivity contribution >= 4 is 35.6 Å². The van der Waals surface area contributed by atoms with Gasteiger partial charge in [0, 0.05) is 0 Å². The Morgan fingerprint density at radius 2 is 1.54 bits per heavy atom. The van der Waals surface area contributed by atoms with Crippen LogP contribution in [0.15, 0.2) is 72.3 Å². The number of ether oxygens (including phenoxy) is 2. The van der Waals surface area contributed by atoms with E-state index in [4.69, 9.17) is 14.6 Å². The minimum atomic E-state index is -1.00. The van der Waals surface area contributed by atoms with E-state index in [-0.39, 0.29) is 23.2 Å². The molecule has 5 fully saturated rings. The molecule has 9 heteroatoms. The predicted molar refractivity (Wildman–Crippen MR) is 171 cm³/mol. The van der Waals surface area contributed by atoms with E-state index in [1.54, 1.807) is 30.3 Å². The number of carbonyl (C=O) groups excluding carboxylic acids is 3. The number of benzene rings is 3. The smallest absolute Gasteiger partial charge is 0.335 e. The lowest BCUT2D eigenvalue weighted by Gasteiger charge is -2.57. The van der Waals surface area contributed by atoms with Crippen molar-refractivity contribution in [3.8, 4) is 11.5 Å². The van der Waals surface area contributed by atoms with Crippen LogP contribution in [0.3, 0.4) is 0 Å². The summed E-state index contributed by atoms with van der Waals surface area (Å²) < 4.78 is 11.7. The molecule has 0 unspecified atom stereocenters. The van der Waals surface area contributed by atoms with Crippen LogP contribution in [0.25, 0.3) is 6.08 Å². The lowest BCUT2D eigenvalue weighted by Crippen LogP contribution is -2.54. The van der Waals surface area contributed by atoms with Gasteiger partial charge in [0.05, 0.1) is 17.9 Å². The predicted octanol–water partition coefficient (Wildman–Crippen LogP) is 6.50. The number of anilines is 1. The number of carbonyl (C=O) groups is 4. The maximum Gasteiger partial charge on any atom is 0.335 e. The molecule has 4 bridgehead atoms. The number of nitrogens with one attached hydrogen (secondary N) is 1. The number of imide groups is 2. The van der Waals surface area contributed by atoms with E-state index >= 15 is 0 Å². The second-order valence-electron chi connectivity index (χ2n) is 13.1. The van der Waals surface area contributed by atoms with Gasteiger partial charge in [-0.3, -0.25) is 14.9 Å². The zero-order valence-corrected chi connectivity index (χ0v) is 25.7. The normalized spacial score (nSPS) is 25.9. The monoisotopic (exact) mass is 620 g/mol. The fraction of sp³-hybridized carbons (Fsp3) is 0.351. The van der Waals surface area contributed by atoms with E-state index in [0.717, 1.165) is 28.2 Å². The van der Waals surface area contributed by atoms with Crippen LogP contribution in [0.2, 0.25) is 0 Å². The van der Waals surface area contributed by atoms with Crippen LogP contribution >= 0.6 is 0 Å². The number of aromatic carboxylic acids is 1. The second kappa shape index (κ2) is 11.8. The highest BCUT2D eigenvalue weighted by atomic mass is 16.5. The summed E-state index contributed by atoms with van der Waals surface area (Å²) in [7, 11) is 0. The fourth-order valence-corrected chi connectivity index (χ4v) is 8.39. The molecule has 4 aliphatic carbocycles. The molecule has 1 aliphatic heterocycles. The molecule has 0 atom stereocenters. The maximum atomic E-state index is 13.6. The molecule has 0 aromatic heterocycles. The zero-order chi connectivity index (χ0) is 32.0. The first-order chi connectivity index (χ1) is 22.2. The third-order valence-electron chi connectivity index (χ3n) is 10.1. The molecule has 0 radical (unpaired) electrons. The molecule has 5 aliphatic rings. The van der Waals surface area contributed by atoms with Gasteiger partial charge in [0.2, 0.25) is 0 Å². The van der Waals surface area contributed by atoms with Crippen LogP contribution in [0.4, 0.5) is 10.5 Å². The first-order valence-electron chi connectivity index (χ1n) is 16.0. The lowest BCUT2D eigenvalue weighted by molar-refractivity contribution is -0.122. The molecule has 46 heavy (non-hydrogen) atoms. The molecular formula is C37H36N2O7. The highest BCUT2D eigenvalue weighted by Gasteiger charge is 2.51. The SMILES string of the molecule is CCOc1cc(/C=C2\C(=O)NC(=O)N(c3ccc(C45CC6CC(CC(C6)C4)C5)cc3)C2=O)ccc1OCc1ccc(C(=O)O)cc1. The third-order valence-corrected chi connectivity index (χ3v) is 10.1. The first-order valence-corrected chi connectivity index (χ1v) is 16.0. The number of carboxylic acid groups (broad SMARTS) is 1. The topological polar surface area (TPSA) is 122 Å². The average molecular weight is 621 g/mol. The highest BCUT2D eigenvalue weighted by Crippen LogP contribution is 2.60. The van der Waals surface area contributed by atoms with E-state index in [0.29, 0.717) is 29.4 Å². The standard InChI is InChI=1S/C37H36N2O7/c1-2-45-32-17-23(5-12-31(32)46-21-22-3-6-27(7-4-22)35(42)43)16-30-33(40)38-36(44)39(34(30)41)29-10-8-28(9-11-29)37-18-24-13-25(19-37)15-26(14-24)20-37/h3-12,16-17,24-26H,2,13-15,18-21H2,1H3,(H,42,43)(H,38,40,44)/b30-16+. The van der Waals surface area contributed by atoms with Gasteiger partial charge < -0.3 is 14.6 Å². The van der Waals surface area contributed by atoms with Gasteiger partial charge in [-0.25, -0.2) is 14.5 Å². The van der Waals surface area contributed by atoms with Crippen LogP contribution in [0.1, 0.15) is 72.5 Å². The van der Waals surface area contributed by atoms with E-state index in [2.05, 4.69) is 17.4 Å². The van der Waals surface area contributed by atoms with Crippen LogP contribution < -0.4 is 19.7 Å². The van der Waals surface area contributed by atoms with E-state index in [9.17, 15) is 19.2 Å². The van der Waals surface area contributed by atoms with Crippen LogP contribution in [0.5, 0.6) is 11.5 Å². The van der Waals surface area contributed by atoms with Crippen molar-refractivity contribution in [2.45, 2.75) is 57.5 Å². The van der Waals surface area contributed by atoms with Gasteiger partial charge in [-0.2, -0.15) is 0 Å². The van der Waals surface area contributed by atoms with Crippen molar-refractivity contribution in [2.24, 2.45) is 17.8 Å². The lowest BCUT2D eigenvalue weighted by atomic mass is 9.48. The summed E-state index contributed by atoms with van der Waals surface area (Å²) in [6.45, 7) is 2.36. The van der Waals surface area contributed by atoms with E-state index < -0.39 is 23.8 Å². The number of rotatable bonds is 9. The summed E-state index contributed by atoms with van der Waals surface area (Å²) in [5, 5.41) is 11.4. The molecule has 2 N–H and O–H groups in total. The Hall–Kier alpha value is -4.92. The van der Waals surface area contributed by atoms with Crippen molar-refractivity contribution < 1.29 is 33.8 Å². The molecule has 1 saturated heterocycles. The van der Waals surface area contributed by atoms with Gasteiger partial charge in [-0.15, -0.1) is 0 Å². The van der Waals surface area contributed by atoms with Crippen LogP contribution in [0, 0.1) is 17.8 Å². The van der Waals surface area contributed by atoms with Gasteiger partial charge in [-0.05, 0) is 128 Å². The molecule has 3 aromatic carbocycles. The molecule has 9 nitrogen and oxygen atoms in total. The summed E-state index contributed by atoms with van der Waals surface area (Å²) in [5.41, 5.74) is 3.22. The molecular weight excluding hydrogens is 584 g/mol.